The van der Waals surface area contributed by atoms with Gasteiger partial charge in [0, 0.05) is 17.2 Å². The Kier molecular flexibility index (Phi) is 2.69. The Bertz CT molecular complexity index is 402. The predicted molar refractivity (Wildman–Crippen MR) is 54.7 cm³/mol. The summed E-state index contributed by atoms with van der Waals surface area (Å²) in [6, 6.07) is 3.72. The lowest BCUT2D eigenvalue weighted by Gasteiger charge is -2.01. The first-order valence-electron chi connectivity index (χ1n) is 4.08. The van der Waals surface area contributed by atoms with E-state index in [9.17, 15) is 0 Å². The molecule has 0 aromatic carbocycles. The van der Waals surface area contributed by atoms with Crippen LogP contribution in [-0.2, 0) is 5.75 Å². The number of nitrogens with two attached hydrogens (primary N) is 1. The van der Waals surface area contributed by atoms with Crippen molar-refractivity contribution in [3.63, 3.8) is 0 Å². The molecule has 2 aromatic rings. The number of nitrogens with zero attached hydrogens (tertiary/aromatic N) is 2. The van der Waals surface area contributed by atoms with Crippen LogP contribution in [0.5, 0.6) is 0 Å². The molecule has 5 heteroatoms. The molecule has 0 bridgehead atoms. The minimum atomic E-state index is 0.692. The number of hydrogen-bond donors (Lipinski definition) is 1. The van der Waals surface area contributed by atoms with Crippen molar-refractivity contribution in [3.8, 4) is 0 Å². The van der Waals surface area contributed by atoms with Gasteiger partial charge in [0.15, 0.2) is 0 Å². The van der Waals surface area contributed by atoms with E-state index in [2.05, 4.69) is 10.1 Å². The van der Waals surface area contributed by atoms with E-state index < -0.39 is 0 Å². The van der Waals surface area contributed by atoms with Gasteiger partial charge in [-0.15, -0.1) is 11.8 Å². The first kappa shape index (κ1) is 9.08. The Morgan fingerprint density at radius 1 is 1.36 bits per heavy atom. The maximum atomic E-state index is 5.73. The highest BCUT2D eigenvalue weighted by Gasteiger charge is 2.02. The number of pyridine rings is 1. The summed E-state index contributed by atoms with van der Waals surface area (Å²) in [5.41, 5.74) is 6.42. The quantitative estimate of drug-likeness (QED) is 0.779. The second-order valence-corrected chi connectivity index (χ2v) is 3.70. The summed E-state index contributed by atoms with van der Waals surface area (Å²) < 4.78 is 4.97. The van der Waals surface area contributed by atoms with Crippen LogP contribution in [0.1, 0.15) is 5.76 Å². The van der Waals surface area contributed by atoms with E-state index >= 15 is 0 Å². The lowest BCUT2D eigenvalue weighted by molar-refractivity contribution is 0.395. The van der Waals surface area contributed by atoms with Crippen molar-refractivity contribution in [1.29, 1.82) is 0 Å². The highest BCUT2D eigenvalue weighted by atomic mass is 32.2. The van der Waals surface area contributed by atoms with Gasteiger partial charge in [-0.25, -0.2) is 0 Å². The van der Waals surface area contributed by atoms with Gasteiger partial charge in [0.25, 0.3) is 0 Å². The molecule has 0 fully saturated rings. The Morgan fingerprint density at radius 2 is 2.29 bits per heavy atom. The van der Waals surface area contributed by atoms with E-state index in [4.69, 9.17) is 10.3 Å². The molecule has 0 aliphatic carbocycles. The Hall–Kier alpha value is -1.49. The van der Waals surface area contributed by atoms with Crippen LogP contribution in [0, 0.1) is 0 Å². The van der Waals surface area contributed by atoms with Crippen LogP contribution in [0.4, 0.5) is 5.69 Å². The van der Waals surface area contributed by atoms with Gasteiger partial charge in [-0.1, -0.05) is 5.16 Å². The molecule has 14 heavy (non-hydrogen) atoms. The van der Waals surface area contributed by atoms with Crippen molar-refractivity contribution < 1.29 is 4.52 Å². The van der Waals surface area contributed by atoms with Crippen LogP contribution in [0.15, 0.2) is 40.1 Å². The normalized spacial score (nSPS) is 10.3. The van der Waals surface area contributed by atoms with Crippen molar-refractivity contribution in [2.75, 3.05) is 5.73 Å². The van der Waals surface area contributed by atoms with Crippen molar-refractivity contribution in [1.82, 2.24) is 10.1 Å². The first-order valence-corrected chi connectivity index (χ1v) is 5.06. The molecule has 2 heterocycles. The highest BCUT2D eigenvalue weighted by molar-refractivity contribution is 7.98. The first-order chi connectivity index (χ1) is 6.86. The monoisotopic (exact) mass is 207 g/mol. The number of rotatable bonds is 3. The van der Waals surface area contributed by atoms with Gasteiger partial charge in [0.05, 0.1) is 23.8 Å². The standard InChI is InChI=1S/C9H9N3OS/c10-8-5-11-3-2-9(8)14-6-7-1-4-12-13-7/h1-5H,6,10H2. The molecule has 0 aliphatic rings. The van der Waals surface area contributed by atoms with Crippen LogP contribution < -0.4 is 5.73 Å². The highest BCUT2D eigenvalue weighted by Crippen LogP contribution is 2.26. The smallest absolute Gasteiger partial charge is 0.146 e. The average Bonchev–Trinajstić information content (AvgIpc) is 2.69. The molecule has 2 N–H and O–H groups in total. The molecule has 0 unspecified atom stereocenters. The SMILES string of the molecule is Nc1cnccc1SCc1ccno1. The molecule has 0 radical (unpaired) electrons. The van der Waals surface area contributed by atoms with E-state index in [0.717, 1.165) is 16.4 Å². The zero-order valence-corrected chi connectivity index (χ0v) is 8.20. The third kappa shape index (κ3) is 2.05. The molecular weight excluding hydrogens is 198 g/mol. The van der Waals surface area contributed by atoms with Gasteiger partial charge in [-0.3, -0.25) is 4.98 Å². The molecule has 2 rings (SSSR count). The topological polar surface area (TPSA) is 64.9 Å². The second kappa shape index (κ2) is 4.15. The predicted octanol–water partition coefficient (Wildman–Crippen LogP) is 1.94. The summed E-state index contributed by atoms with van der Waals surface area (Å²) in [5.74, 6) is 1.57. The molecule has 72 valence electrons. The van der Waals surface area contributed by atoms with Gasteiger partial charge in [0.2, 0.25) is 0 Å². The summed E-state index contributed by atoms with van der Waals surface area (Å²) in [4.78, 5) is 4.93. The molecule has 0 atom stereocenters. The van der Waals surface area contributed by atoms with Crippen molar-refractivity contribution in [2.24, 2.45) is 0 Å². The zero-order chi connectivity index (χ0) is 9.80. The van der Waals surface area contributed by atoms with Gasteiger partial charge in [-0.2, -0.15) is 0 Å². The molecule has 4 nitrogen and oxygen atoms in total. The van der Waals surface area contributed by atoms with Crippen LogP contribution in [-0.4, -0.2) is 10.1 Å². The van der Waals surface area contributed by atoms with E-state index in [-0.39, 0.29) is 0 Å². The van der Waals surface area contributed by atoms with Crippen LogP contribution in [0.2, 0.25) is 0 Å². The second-order valence-electron chi connectivity index (χ2n) is 2.68. The van der Waals surface area contributed by atoms with Crippen LogP contribution >= 0.6 is 11.8 Å². The van der Waals surface area contributed by atoms with E-state index in [1.54, 1.807) is 30.4 Å². The number of hydrogen-bond acceptors (Lipinski definition) is 5. The molecule has 0 saturated heterocycles. The summed E-state index contributed by atoms with van der Waals surface area (Å²) in [6.07, 6.45) is 4.99. The number of thioether (sulfide) groups is 1. The summed E-state index contributed by atoms with van der Waals surface area (Å²) in [7, 11) is 0. The van der Waals surface area contributed by atoms with Gasteiger partial charge >= 0.3 is 0 Å². The average molecular weight is 207 g/mol. The Morgan fingerprint density at radius 3 is 3.00 bits per heavy atom. The molecule has 0 saturated carbocycles. The third-order valence-corrected chi connectivity index (χ3v) is 2.78. The van der Waals surface area contributed by atoms with Gasteiger partial charge in [-0.05, 0) is 6.07 Å². The van der Waals surface area contributed by atoms with Crippen LogP contribution in [0.3, 0.4) is 0 Å². The molecule has 0 aliphatic heterocycles. The fraction of sp³-hybridized carbons (Fsp3) is 0.111. The zero-order valence-electron chi connectivity index (χ0n) is 7.38. The van der Waals surface area contributed by atoms with E-state index in [0.29, 0.717) is 5.69 Å². The lowest BCUT2D eigenvalue weighted by atomic mass is 10.4. The Labute approximate surface area is 85.5 Å². The number of anilines is 1. The number of nitrogen functional groups attached to an aromatic ring is 1. The van der Waals surface area contributed by atoms with E-state index in [1.165, 1.54) is 0 Å². The molecule has 2 aromatic heterocycles. The molecular formula is C9H9N3OS. The largest absolute Gasteiger partial charge is 0.397 e. The van der Waals surface area contributed by atoms with Gasteiger partial charge in [0.1, 0.15) is 5.76 Å². The summed E-state index contributed by atoms with van der Waals surface area (Å²) in [6.45, 7) is 0. The molecule has 0 spiro atoms. The van der Waals surface area contributed by atoms with Crippen molar-refractivity contribution in [2.45, 2.75) is 10.6 Å². The lowest BCUT2D eigenvalue weighted by Crippen LogP contribution is -1.89. The maximum absolute atomic E-state index is 5.73. The fourth-order valence-electron chi connectivity index (χ4n) is 0.991. The summed E-state index contributed by atoms with van der Waals surface area (Å²) >= 11 is 1.61. The van der Waals surface area contributed by atoms with Gasteiger partial charge < -0.3 is 10.3 Å². The van der Waals surface area contributed by atoms with Crippen molar-refractivity contribution >= 4 is 17.4 Å². The maximum Gasteiger partial charge on any atom is 0.146 e. The minimum absolute atomic E-state index is 0.692. The minimum Gasteiger partial charge on any atom is -0.397 e. The van der Waals surface area contributed by atoms with E-state index in [1.807, 2.05) is 12.1 Å². The Balaban J connectivity index is 2.02. The summed E-state index contributed by atoms with van der Waals surface area (Å²) in [5, 5.41) is 3.62. The van der Waals surface area contributed by atoms with Crippen molar-refractivity contribution in [3.05, 3.63) is 36.5 Å². The molecule has 0 amide bonds. The third-order valence-electron chi connectivity index (χ3n) is 1.67. The van der Waals surface area contributed by atoms with Crippen LogP contribution in [0.25, 0.3) is 0 Å². The number of aromatic nitrogens is 2. The fourth-order valence-corrected chi connectivity index (χ4v) is 1.81.